The first-order valence-electron chi connectivity index (χ1n) is 5.80. The fraction of sp³-hybridized carbons (Fsp3) is 0.538. The lowest BCUT2D eigenvalue weighted by Gasteiger charge is -2.13. The zero-order chi connectivity index (χ0) is 11.6. The number of hydrogen-bond acceptors (Lipinski definition) is 1. The summed E-state index contributed by atoms with van der Waals surface area (Å²) in [6.07, 6.45) is 3.86. The van der Waals surface area contributed by atoms with E-state index >= 15 is 0 Å². The van der Waals surface area contributed by atoms with Crippen LogP contribution >= 0.6 is 15.9 Å². The molecule has 1 aliphatic rings. The van der Waals surface area contributed by atoms with E-state index in [4.69, 9.17) is 0 Å². The molecule has 0 spiro atoms. The van der Waals surface area contributed by atoms with Crippen LogP contribution in [0.1, 0.15) is 31.7 Å². The molecular formula is C13H17BrFN. The van der Waals surface area contributed by atoms with E-state index in [1.165, 1.54) is 25.3 Å². The zero-order valence-corrected chi connectivity index (χ0v) is 11.1. The van der Waals surface area contributed by atoms with E-state index in [0.29, 0.717) is 12.0 Å². The molecule has 0 aliphatic heterocycles. The number of rotatable bonds is 5. The Kier molecular flexibility index (Phi) is 3.65. The van der Waals surface area contributed by atoms with Crippen LogP contribution in [-0.4, -0.2) is 6.54 Å². The van der Waals surface area contributed by atoms with Crippen LogP contribution in [0.4, 0.5) is 4.39 Å². The summed E-state index contributed by atoms with van der Waals surface area (Å²) in [7, 11) is 0. The van der Waals surface area contributed by atoms with E-state index in [1.54, 1.807) is 0 Å². The Morgan fingerprint density at radius 3 is 2.75 bits per heavy atom. The van der Waals surface area contributed by atoms with Crippen molar-refractivity contribution in [1.29, 1.82) is 0 Å². The fourth-order valence-electron chi connectivity index (χ4n) is 1.96. The topological polar surface area (TPSA) is 12.0 Å². The Labute approximate surface area is 105 Å². The molecule has 16 heavy (non-hydrogen) atoms. The van der Waals surface area contributed by atoms with Crippen molar-refractivity contribution in [2.75, 3.05) is 6.54 Å². The molecule has 1 aliphatic carbocycles. The lowest BCUT2D eigenvalue weighted by atomic mass is 10.0. The summed E-state index contributed by atoms with van der Waals surface area (Å²) >= 11 is 3.26. The molecule has 1 N–H and O–H groups in total. The minimum absolute atomic E-state index is 0.136. The Hall–Kier alpha value is -0.410. The minimum Gasteiger partial charge on any atom is -0.312 e. The van der Waals surface area contributed by atoms with Crippen LogP contribution in [0.25, 0.3) is 0 Å². The normalized spacial score (nSPS) is 17.4. The van der Waals surface area contributed by atoms with Gasteiger partial charge in [0.2, 0.25) is 0 Å². The van der Waals surface area contributed by atoms with Gasteiger partial charge in [-0.2, -0.15) is 0 Å². The van der Waals surface area contributed by atoms with Crippen LogP contribution in [0.2, 0.25) is 0 Å². The van der Waals surface area contributed by atoms with Gasteiger partial charge in [-0.15, -0.1) is 0 Å². The van der Waals surface area contributed by atoms with Crippen LogP contribution in [-0.2, 0) is 6.54 Å². The molecule has 0 aromatic heterocycles. The summed E-state index contributed by atoms with van der Waals surface area (Å²) in [6.45, 7) is 3.87. The van der Waals surface area contributed by atoms with Crippen molar-refractivity contribution in [2.45, 2.75) is 32.7 Å². The quantitative estimate of drug-likeness (QED) is 0.866. The summed E-state index contributed by atoms with van der Waals surface area (Å²) < 4.78 is 14.3. The number of halogens is 2. The van der Waals surface area contributed by atoms with E-state index < -0.39 is 0 Å². The van der Waals surface area contributed by atoms with Crippen LogP contribution in [0.3, 0.4) is 0 Å². The van der Waals surface area contributed by atoms with Gasteiger partial charge < -0.3 is 5.32 Å². The van der Waals surface area contributed by atoms with Gasteiger partial charge in [-0.05, 0) is 36.8 Å². The molecule has 0 radical (unpaired) electrons. The first-order valence-corrected chi connectivity index (χ1v) is 6.59. The molecular weight excluding hydrogens is 269 g/mol. The second kappa shape index (κ2) is 4.84. The van der Waals surface area contributed by atoms with Gasteiger partial charge in [0.05, 0.1) is 0 Å². The first kappa shape index (κ1) is 12.1. The van der Waals surface area contributed by atoms with Gasteiger partial charge in [0.15, 0.2) is 0 Å². The smallest absolute Gasteiger partial charge is 0.128 e. The van der Waals surface area contributed by atoms with Gasteiger partial charge in [0.25, 0.3) is 0 Å². The number of hydrogen-bond donors (Lipinski definition) is 1. The van der Waals surface area contributed by atoms with Crippen molar-refractivity contribution < 1.29 is 4.39 Å². The lowest BCUT2D eigenvalue weighted by molar-refractivity contribution is 0.440. The van der Waals surface area contributed by atoms with Gasteiger partial charge >= 0.3 is 0 Å². The van der Waals surface area contributed by atoms with Gasteiger partial charge in [-0.25, -0.2) is 4.39 Å². The molecule has 0 atom stereocenters. The molecule has 88 valence electrons. The predicted molar refractivity (Wildman–Crippen MR) is 67.8 cm³/mol. The third-order valence-corrected chi connectivity index (χ3v) is 4.03. The van der Waals surface area contributed by atoms with Gasteiger partial charge in [-0.1, -0.05) is 28.9 Å². The molecule has 0 saturated heterocycles. The maximum Gasteiger partial charge on any atom is 0.128 e. The van der Waals surface area contributed by atoms with Crippen molar-refractivity contribution in [1.82, 2.24) is 5.32 Å². The van der Waals surface area contributed by atoms with Crippen molar-refractivity contribution in [3.05, 3.63) is 34.1 Å². The maximum absolute atomic E-state index is 13.5. The van der Waals surface area contributed by atoms with E-state index in [9.17, 15) is 4.39 Å². The van der Waals surface area contributed by atoms with Gasteiger partial charge in [0.1, 0.15) is 5.82 Å². The van der Waals surface area contributed by atoms with E-state index in [1.807, 2.05) is 12.1 Å². The highest BCUT2D eigenvalue weighted by Crippen LogP contribution is 2.47. The predicted octanol–water partition coefficient (Wildman–Crippen LogP) is 3.87. The zero-order valence-electron chi connectivity index (χ0n) is 9.52. The molecule has 3 heteroatoms. The van der Waals surface area contributed by atoms with Crippen molar-refractivity contribution in [3.8, 4) is 0 Å². The highest BCUT2D eigenvalue weighted by Gasteiger charge is 2.39. The third-order valence-electron chi connectivity index (χ3n) is 3.54. The Morgan fingerprint density at radius 1 is 1.44 bits per heavy atom. The fourth-order valence-corrected chi connectivity index (χ4v) is 2.29. The molecule has 0 amide bonds. The highest BCUT2D eigenvalue weighted by atomic mass is 79.9. The molecule has 0 heterocycles. The third kappa shape index (κ3) is 2.83. The van der Waals surface area contributed by atoms with Crippen LogP contribution in [0.5, 0.6) is 0 Å². The molecule has 1 aromatic carbocycles. The Balaban J connectivity index is 1.85. The van der Waals surface area contributed by atoms with Gasteiger partial charge in [-0.3, -0.25) is 0 Å². The monoisotopic (exact) mass is 285 g/mol. The number of benzene rings is 1. The SMILES string of the molecule is CCC1(CNCc2ccc(Br)cc2F)CC1. The molecule has 1 aromatic rings. The molecule has 1 fully saturated rings. The Morgan fingerprint density at radius 2 is 2.19 bits per heavy atom. The molecule has 0 unspecified atom stereocenters. The summed E-state index contributed by atoms with van der Waals surface area (Å²) in [5, 5.41) is 3.36. The van der Waals surface area contributed by atoms with Crippen molar-refractivity contribution in [3.63, 3.8) is 0 Å². The van der Waals surface area contributed by atoms with Crippen LogP contribution in [0.15, 0.2) is 22.7 Å². The Bertz CT molecular complexity index is 374. The standard InChI is InChI=1S/C13H17BrFN/c1-2-13(5-6-13)9-16-8-10-3-4-11(14)7-12(10)15/h3-4,7,16H,2,5-6,8-9H2,1H3. The second-order valence-corrected chi connectivity index (χ2v) is 5.61. The second-order valence-electron chi connectivity index (χ2n) is 4.69. The number of nitrogens with one attached hydrogen (secondary N) is 1. The van der Waals surface area contributed by atoms with Crippen LogP contribution in [0, 0.1) is 11.2 Å². The molecule has 2 rings (SSSR count). The van der Waals surface area contributed by atoms with E-state index in [-0.39, 0.29) is 5.82 Å². The summed E-state index contributed by atoms with van der Waals surface area (Å²) in [5.41, 5.74) is 1.27. The van der Waals surface area contributed by atoms with Crippen molar-refractivity contribution >= 4 is 15.9 Å². The van der Waals surface area contributed by atoms with Crippen LogP contribution < -0.4 is 5.32 Å². The maximum atomic E-state index is 13.5. The average molecular weight is 286 g/mol. The first-order chi connectivity index (χ1) is 7.65. The summed E-state index contributed by atoms with van der Waals surface area (Å²) in [6, 6.07) is 5.23. The molecule has 1 nitrogen and oxygen atoms in total. The van der Waals surface area contributed by atoms with E-state index in [0.717, 1.165) is 16.6 Å². The largest absolute Gasteiger partial charge is 0.312 e. The highest BCUT2D eigenvalue weighted by molar-refractivity contribution is 9.10. The molecule has 0 bridgehead atoms. The van der Waals surface area contributed by atoms with E-state index in [2.05, 4.69) is 28.2 Å². The summed E-state index contributed by atoms with van der Waals surface area (Å²) in [5.74, 6) is -0.136. The minimum atomic E-state index is -0.136. The van der Waals surface area contributed by atoms with Gasteiger partial charge in [0, 0.05) is 23.1 Å². The van der Waals surface area contributed by atoms with Crippen molar-refractivity contribution in [2.24, 2.45) is 5.41 Å². The summed E-state index contributed by atoms with van der Waals surface area (Å²) in [4.78, 5) is 0. The molecule has 1 saturated carbocycles. The lowest BCUT2D eigenvalue weighted by Crippen LogP contribution is -2.23. The average Bonchev–Trinajstić information content (AvgIpc) is 3.02.